The van der Waals surface area contributed by atoms with Gasteiger partial charge in [0.15, 0.2) is 0 Å². The highest BCUT2D eigenvalue weighted by Crippen LogP contribution is 2.28. The van der Waals surface area contributed by atoms with Gasteiger partial charge in [-0.3, -0.25) is 0 Å². The van der Waals surface area contributed by atoms with Crippen molar-refractivity contribution in [1.82, 2.24) is 10.6 Å². The molecular weight excluding hydrogens is 348 g/mol. The van der Waals surface area contributed by atoms with Gasteiger partial charge in [-0.15, -0.1) is 0 Å². The van der Waals surface area contributed by atoms with Gasteiger partial charge < -0.3 is 14.8 Å². The first kappa shape index (κ1) is 18.5. The molecule has 0 bridgehead atoms. The van der Waals surface area contributed by atoms with Crippen molar-refractivity contribution in [2.45, 2.75) is 19.3 Å². The van der Waals surface area contributed by atoms with Gasteiger partial charge in [0.1, 0.15) is 24.7 Å². The normalized spacial score (nSPS) is 16.5. The van der Waals surface area contributed by atoms with Crippen molar-refractivity contribution in [2.24, 2.45) is 0 Å². The fourth-order valence-electron chi connectivity index (χ4n) is 3.27. The summed E-state index contributed by atoms with van der Waals surface area (Å²) >= 11 is 0. The van der Waals surface area contributed by atoms with E-state index in [9.17, 15) is 0 Å². The maximum atomic E-state index is 6.08. The Morgan fingerprint density at radius 2 is 1.36 bits per heavy atom. The van der Waals surface area contributed by atoms with E-state index in [1.807, 2.05) is 42.5 Å². The number of hydrogen-bond donors (Lipinski definition) is 1. The van der Waals surface area contributed by atoms with Crippen LogP contribution in [0.4, 0.5) is 0 Å². The minimum atomic E-state index is 0.202. The lowest BCUT2D eigenvalue weighted by atomic mass is 10.0. The van der Waals surface area contributed by atoms with Crippen LogP contribution in [0.2, 0.25) is 0 Å². The first-order valence-electron chi connectivity index (χ1n) is 9.72. The molecule has 1 heterocycles. The van der Waals surface area contributed by atoms with Crippen LogP contribution in [0.5, 0.6) is 11.5 Å². The van der Waals surface area contributed by atoms with Crippen LogP contribution in [0.25, 0.3) is 0 Å². The number of piperazine rings is 1. The van der Waals surface area contributed by atoms with Gasteiger partial charge >= 0.3 is 0 Å². The summed E-state index contributed by atoms with van der Waals surface area (Å²) in [5.41, 5.74) is 3.44. The van der Waals surface area contributed by atoms with E-state index in [1.165, 1.54) is 0 Å². The summed E-state index contributed by atoms with van der Waals surface area (Å²) in [6.45, 7) is 3.62. The summed E-state index contributed by atoms with van der Waals surface area (Å²) in [5, 5.41) is 8.07. The molecule has 1 saturated heterocycles. The highest BCUT2D eigenvalue weighted by atomic mass is 16.5. The third-order valence-electron chi connectivity index (χ3n) is 4.77. The van der Waals surface area contributed by atoms with E-state index in [4.69, 9.17) is 9.47 Å². The molecule has 0 amide bonds. The molecule has 4 rings (SSSR count). The van der Waals surface area contributed by atoms with Crippen LogP contribution in [-0.4, -0.2) is 19.6 Å². The zero-order chi connectivity index (χ0) is 19.0. The van der Waals surface area contributed by atoms with Crippen molar-refractivity contribution in [2.75, 3.05) is 19.6 Å². The van der Waals surface area contributed by atoms with E-state index < -0.39 is 0 Å². The number of nitrogens with one attached hydrogen (secondary N) is 1. The van der Waals surface area contributed by atoms with E-state index in [0.29, 0.717) is 13.2 Å². The second-order valence-electron chi connectivity index (χ2n) is 6.92. The number of benzene rings is 3. The second-order valence-corrected chi connectivity index (χ2v) is 6.92. The van der Waals surface area contributed by atoms with E-state index in [0.717, 1.165) is 47.8 Å². The first-order valence-corrected chi connectivity index (χ1v) is 9.72. The maximum Gasteiger partial charge on any atom is 0.123 e. The molecule has 1 unspecified atom stereocenters. The van der Waals surface area contributed by atoms with Crippen LogP contribution in [0.3, 0.4) is 0 Å². The molecule has 143 valence electrons. The molecule has 4 heteroatoms. The number of nitrogens with zero attached hydrogens (tertiary/aromatic N) is 1. The van der Waals surface area contributed by atoms with Gasteiger partial charge in [-0.1, -0.05) is 60.7 Å². The summed E-state index contributed by atoms with van der Waals surface area (Å²) in [6, 6.07) is 26.8. The average molecular weight is 373 g/mol. The molecule has 1 aliphatic rings. The van der Waals surface area contributed by atoms with Crippen molar-refractivity contribution in [3.8, 4) is 11.5 Å². The Labute approximate surface area is 166 Å². The van der Waals surface area contributed by atoms with Crippen molar-refractivity contribution in [3.05, 3.63) is 95.6 Å². The van der Waals surface area contributed by atoms with E-state index in [1.54, 1.807) is 0 Å². The van der Waals surface area contributed by atoms with Crippen LogP contribution < -0.4 is 20.1 Å². The van der Waals surface area contributed by atoms with Gasteiger partial charge in [0.05, 0.1) is 0 Å². The highest BCUT2D eigenvalue weighted by Gasteiger charge is 2.17. The third kappa shape index (κ3) is 5.12. The number of rotatable bonds is 7. The summed E-state index contributed by atoms with van der Waals surface area (Å²) in [4.78, 5) is 0. The monoisotopic (exact) mass is 373 g/mol. The lowest BCUT2D eigenvalue weighted by Crippen LogP contribution is -2.39. The summed E-state index contributed by atoms with van der Waals surface area (Å²) in [6.07, 6.45) is 0. The average Bonchev–Trinajstić information content (AvgIpc) is 2.78. The molecule has 3 aromatic rings. The molecule has 0 spiro atoms. The predicted octanol–water partition coefficient (Wildman–Crippen LogP) is 4.09. The zero-order valence-electron chi connectivity index (χ0n) is 15.9. The quantitative estimate of drug-likeness (QED) is 0.678. The van der Waals surface area contributed by atoms with E-state index in [-0.39, 0.29) is 6.04 Å². The fraction of sp³-hybridized carbons (Fsp3) is 0.250. The topological polar surface area (TPSA) is 44.6 Å². The van der Waals surface area contributed by atoms with Crippen molar-refractivity contribution >= 4 is 0 Å². The molecule has 28 heavy (non-hydrogen) atoms. The molecule has 1 N–H and O–H groups in total. The highest BCUT2D eigenvalue weighted by molar-refractivity contribution is 5.40. The molecule has 1 radical (unpaired) electrons. The Morgan fingerprint density at radius 1 is 0.786 bits per heavy atom. The molecule has 0 aliphatic carbocycles. The Bertz CT molecular complexity index is 801. The number of ether oxygens (including phenoxy) is 2. The lowest BCUT2D eigenvalue weighted by Gasteiger charge is -2.24. The zero-order valence-corrected chi connectivity index (χ0v) is 15.9. The Morgan fingerprint density at radius 3 is 1.86 bits per heavy atom. The first-order chi connectivity index (χ1) is 13.9. The molecule has 3 aromatic carbocycles. The van der Waals surface area contributed by atoms with Gasteiger partial charge in [0, 0.05) is 31.7 Å². The fourth-order valence-corrected chi connectivity index (χ4v) is 3.27. The molecule has 0 saturated carbocycles. The Balaban J connectivity index is 1.51. The van der Waals surface area contributed by atoms with Gasteiger partial charge in [-0.2, -0.15) is 0 Å². The lowest BCUT2D eigenvalue weighted by molar-refractivity contribution is 0.288. The van der Waals surface area contributed by atoms with Crippen LogP contribution in [0, 0.1) is 0 Å². The van der Waals surface area contributed by atoms with Gasteiger partial charge in [0.25, 0.3) is 0 Å². The van der Waals surface area contributed by atoms with Gasteiger partial charge in [-0.25, -0.2) is 5.32 Å². The minimum absolute atomic E-state index is 0.202. The summed E-state index contributed by atoms with van der Waals surface area (Å²) in [7, 11) is 0. The SMILES string of the molecule is c1ccc(COc2cc(OCc3ccccc3)cc(C3C[N]CCN3)c2)cc1. The molecule has 0 aromatic heterocycles. The molecular formula is C24H25N2O2. The summed E-state index contributed by atoms with van der Waals surface area (Å²) < 4.78 is 12.2. The van der Waals surface area contributed by atoms with Gasteiger partial charge in [0.2, 0.25) is 0 Å². The third-order valence-corrected chi connectivity index (χ3v) is 4.77. The second kappa shape index (κ2) is 9.40. The number of hydrogen-bond acceptors (Lipinski definition) is 3. The van der Waals surface area contributed by atoms with E-state index in [2.05, 4.69) is 47.0 Å². The molecule has 1 fully saturated rings. The maximum absolute atomic E-state index is 6.08. The largest absolute Gasteiger partial charge is 0.489 e. The smallest absolute Gasteiger partial charge is 0.123 e. The molecule has 4 nitrogen and oxygen atoms in total. The van der Waals surface area contributed by atoms with Crippen LogP contribution in [0.1, 0.15) is 22.7 Å². The van der Waals surface area contributed by atoms with Crippen LogP contribution in [0.15, 0.2) is 78.9 Å². The van der Waals surface area contributed by atoms with Crippen molar-refractivity contribution in [1.29, 1.82) is 0 Å². The Hall–Kier alpha value is -2.82. The molecule has 1 atom stereocenters. The van der Waals surface area contributed by atoms with Crippen LogP contribution >= 0.6 is 0 Å². The van der Waals surface area contributed by atoms with E-state index >= 15 is 0 Å². The van der Waals surface area contributed by atoms with Crippen molar-refractivity contribution < 1.29 is 9.47 Å². The minimum Gasteiger partial charge on any atom is -0.489 e. The summed E-state index contributed by atoms with van der Waals surface area (Å²) in [5.74, 6) is 1.63. The Kier molecular flexibility index (Phi) is 6.22. The van der Waals surface area contributed by atoms with Crippen LogP contribution in [-0.2, 0) is 13.2 Å². The predicted molar refractivity (Wildman–Crippen MR) is 111 cm³/mol. The standard InChI is InChI=1S/C24H25N2O2/c1-3-7-19(8-4-1)17-27-22-13-21(24-16-25-11-12-26-24)14-23(15-22)28-18-20-9-5-2-6-10-20/h1-10,13-15,24,26H,11-12,16-18H2. The van der Waals surface area contributed by atoms with Crippen molar-refractivity contribution in [3.63, 3.8) is 0 Å². The van der Waals surface area contributed by atoms with Gasteiger partial charge in [-0.05, 0) is 28.8 Å². The molecule has 1 aliphatic heterocycles.